The fourth-order valence-corrected chi connectivity index (χ4v) is 1.91. The maximum absolute atomic E-state index is 13.2. The molecule has 1 aromatic carbocycles. The van der Waals surface area contributed by atoms with Crippen molar-refractivity contribution in [1.29, 1.82) is 0 Å². The van der Waals surface area contributed by atoms with Gasteiger partial charge in [0.15, 0.2) is 0 Å². The monoisotopic (exact) mass is 276 g/mol. The number of halogens is 1. The molecular formula is C15H17FN2O2. The molecule has 0 aliphatic heterocycles. The van der Waals surface area contributed by atoms with Gasteiger partial charge in [0.25, 0.3) is 0 Å². The van der Waals surface area contributed by atoms with Crippen LogP contribution >= 0.6 is 0 Å². The molecule has 0 saturated heterocycles. The molecule has 0 radical (unpaired) electrons. The third-order valence-electron chi connectivity index (χ3n) is 3.09. The fourth-order valence-electron chi connectivity index (χ4n) is 1.91. The maximum Gasteiger partial charge on any atom is 0.320 e. The second kappa shape index (κ2) is 5.86. The summed E-state index contributed by atoms with van der Waals surface area (Å²) >= 11 is 0. The van der Waals surface area contributed by atoms with E-state index in [1.165, 1.54) is 29.0 Å². The van der Waals surface area contributed by atoms with Crippen molar-refractivity contribution in [3.8, 4) is 5.69 Å². The molecule has 1 aromatic heterocycles. The number of aryl methyl sites for hydroxylation is 1. The van der Waals surface area contributed by atoms with E-state index in [-0.39, 0.29) is 0 Å². The maximum atomic E-state index is 13.2. The third kappa shape index (κ3) is 3.04. The van der Waals surface area contributed by atoms with Crippen LogP contribution in [0, 0.1) is 11.7 Å². The molecular weight excluding hydrogens is 259 g/mol. The van der Waals surface area contributed by atoms with Crippen molar-refractivity contribution in [2.75, 3.05) is 0 Å². The molecule has 0 unspecified atom stereocenters. The Labute approximate surface area is 116 Å². The van der Waals surface area contributed by atoms with Gasteiger partial charge in [-0.2, -0.15) is 0 Å². The van der Waals surface area contributed by atoms with Gasteiger partial charge in [-0.3, -0.25) is 14.2 Å². The normalized spacial score (nSPS) is 11.0. The molecule has 20 heavy (non-hydrogen) atoms. The molecule has 1 heterocycles. The molecule has 0 atom stereocenters. The zero-order valence-corrected chi connectivity index (χ0v) is 11.5. The Hall–Kier alpha value is -2.17. The van der Waals surface area contributed by atoms with Crippen LogP contribution in [0.3, 0.4) is 0 Å². The van der Waals surface area contributed by atoms with E-state index in [2.05, 4.69) is 13.8 Å². The predicted octanol–water partition coefficient (Wildman–Crippen LogP) is 2.18. The molecule has 0 bridgehead atoms. The van der Waals surface area contributed by atoms with Crippen LogP contribution in [0.25, 0.3) is 5.69 Å². The van der Waals surface area contributed by atoms with E-state index in [1.807, 2.05) is 0 Å². The smallest absolute Gasteiger partial charge is 0.309 e. The third-order valence-corrected chi connectivity index (χ3v) is 3.09. The lowest BCUT2D eigenvalue weighted by atomic mass is 10.1. The van der Waals surface area contributed by atoms with E-state index < -0.39 is 16.9 Å². The molecule has 0 aliphatic carbocycles. The first kappa shape index (κ1) is 14.2. The molecule has 0 fully saturated rings. The van der Waals surface area contributed by atoms with Gasteiger partial charge in [-0.25, -0.2) is 4.39 Å². The number of hydrogen-bond donors (Lipinski definition) is 0. The molecule has 0 amide bonds. The zero-order chi connectivity index (χ0) is 14.7. The highest BCUT2D eigenvalue weighted by Crippen LogP contribution is 2.06. The minimum atomic E-state index is -0.665. The summed E-state index contributed by atoms with van der Waals surface area (Å²) < 4.78 is 15.7. The van der Waals surface area contributed by atoms with Gasteiger partial charge in [-0.1, -0.05) is 19.9 Å². The molecule has 0 N–H and O–H groups in total. The fraction of sp³-hybridized carbons (Fsp3) is 0.333. The predicted molar refractivity (Wildman–Crippen MR) is 75.7 cm³/mol. The van der Waals surface area contributed by atoms with E-state index in [1.54, 1.807) is 12.3 Å². The van der Waals surface area contributed by atoms with E-state index in [0.717, 1.165) is 11.0 Å². The van der Waals surface area contributed by atoms with Gasteiger partial charge in [-0.05, 0) is 30.5 Å². The zero-order valence-electron chi connectivity index (χ0n) is 11.5. The Bertz CT molecular complexity index is 716. The molecule has 2 rings (SSSR count). The van der Waals surface area contributed by atoms with E-state index in [4.69, 9.17) is 0 Å². The first-order valence-corrected chi connectivity index (χ1v) is 6.57. The number of aromatic nitrogens is 2. The summed E-state index contributed by atoms with van der Waals surface area (Å²) in [4.78, 5) is 24.0. The van der Waals surface area contributed by atoms with Crippen LogP contribution in [0.4, 0.5) is 4.39 Å². The number of hydrogen-bond acceptors (Lipinski definition) is 2. The highest BCUT2D eigenvalue weighted by Gasteiger charge is 2.07. The van der Waals surface area contributed by atoms with Gasteiger partial charge in [0.1, 0.15) is 5.82 Å². The van der Waals surface area contributed by atoms with Crippen molar-refractivity contribution in [2.45, 2.75) is 26.8 Å². The number of rotatable bonds is 4. The second-order valence-electron chi connectivity index (χ2n) is 5.13. The van der Waals surface area contributed by atoms with Crippen molar-refractivity contribution in [2.24, 2.45) is 5.92 Å². The summed E-state index contributed by atoms with van der Waals surface area (Å²) in [6.07, 6.45) is 3.89. The summed E-state index contributed by atoms with van der Waals surface area (Å²) in [6, 6.07) is 5.60. The van der Waals surface area contributed by atoms with Crippen LogP contribution in [0.2, 0.25) is 0 Å². The molecule has 0 spiro atoms. The van der Waals surface area contributed by atoms with Crippen LogP contribution in [-0.2, 0) is 6.54 Å². The molecule has 106 valence electrons. The van der Waals surface area contributed by atoms with Gasteiger partial charge >= 0.3 is 11.1 Å². The van der Waals surface area contributed by atoms with Gasteiger partial charge in [-0.15, -0.1) is 0 Å². The Balaban J connectivity index is 2.41. The Kier molecular flexibility index (Phi) is 4.17. The minimum Gasteiger partial charge on any atom is -0.309 e. The van der Waals surface area contributed by atoms with Crippen molar-refractivity contribution in [1.82, 2.24) is 9.13 Å². The van der Waals surface area contributed by atoms with Gasteiger partial charge in [0.2, 0.25) is 0 Å². The lowest BCUT2D eigenvalue weighted by molar-refractivity contribution is 0.503. The quantitative estimate of drug-likeness (QED) is 0.803. The lowest BCUT2D eigenvalue weighted by Gasteiger charge is -2.10. The van der Waals surface area contributed by atoms with Crippen LogP contribution in [0.5, 0.6) is 0 Å². The summed E-state index contributed by atoms with van der Waals surface area (Å²) in [6.45, 7) is 4.62. The van der Waals surface area contributed by atoms with Crippen molar-refractivity contribution in [3.63, 3.8) is 0 Å². The first-order valence-electron chi connectivity index (χ1n) is 6.57. The topological polar surface area (TPSA) is 44.0 Å². The average molecular weight is 276 g/mol. The molecule has 2 aromatic rings. The Morgan fingerprint density at radius 3 is 2.55 bits per heavy atom. The van der Waals surface area contributed by atoms with Gasteiger partial charge < -0.3 is 4.57 Å². The summed E-state index contributed by atoms with van der Waals surface area (Å²) in [7, 11) is 0. The lowest BCUT2D eigenvalue weighted by Crippen LogP contribution is -2.40. The van der Waals surface area contributed by atoms with E-state index in [9.17, 15) is 14.0 Å². The highest BCUT2D eigenvalue weighted by atomic mass is 19.1. The highest BCUT2D eigenvalue weighted by molar-refractivity contribution is 5.31. The van der Waals surface area contributed by atoms with Gasteiger partial charge in [0, 0.05) is 18.9 Å². The molecule has 4 nitrogen and oxygen atoms in total. The SMILES string of the molecule is CC(C)CCn1ccn(-c2cccc(F)c2)c(=O)c1=O. The average Bonchev–Trinajstić information content (AvgIpc) is 2.40. The summed E-state index contributed by atoms with van der Waals surface area (Å²) in [5, 5.41) is 0. The van der Waals surface area contributed by atoms with Crippen molar-refractivity contribution < 1.29 is 4.39 Å². The minimum absolute atomic E-state index is 0.350. The first-order chi connectivity index (χ1) is 9.49. The van der Waals surface area contributed by atoms with Crippen LogP contribution < -0.4 is 11.1 Å². The Morgan fingerprint density at radius 1 is 1.15 bits per heavy atom. The standard InChI is InChI=1S/C15H17FN2O2/c1-11(2)6-7-17-8-9-18(15(20)14(17)19)13-5-3-4-12(16)10-13/h3-5,8-11H,6-7H2,1-2H3. The largest absolute Gasteiger partial charge is 0.320 e. The van der Waals surface area contributed by atoms with Crippen LogP contribution in [0.15, 0.2) is 46.2 Å². The van der Waals surface area contributed by atoms with Crippen molar-refractivity contribution in [3.05, 3.63) is 63.2 Å². The molecule has 0 aliphatic rings. The van der Waals surface area contributed by atoms with Crippen LogP contribution in [0.1, 0.15) is 20.3 Å². The van der Waals surface area contributed by atoms with E-state index in [0.29, 0.717) is 18.2 Å². The van der Waals surface area contributed by atoms with Gasteiger partial charge in [0.05, 0.1) is 5.69 Å². The summed E-state index contributed by atoms with van der Waals surface area (Å²) in [5.41, 5.74) is -0.901. The second-order valence-corrected chi connectivity index (χ2v) is 5.13. The number of nitrogens with zero attached hydrogens (tertiary/aromatic N) is 2. The number of benzene rings is 1. The Morgan fingerprint density at radius 2 is 1.90 bits per heavy atom. The van der Waals surface area contributed by atoms with E-state index >= 15 is 0 Å². The van der Waals surface area contributed by atoms with Crippen molar-refractivity contribution >= 4 is 0 Å². The molecule has 0 saturated carbocycles. The summed E-state index contributed by atoms with van der Waals surface area (Å²) in [5.74, 6) is 0.00550. The molecule has 5 heteroatoms. The van der Waals surface area contributed by atoms with Crippen LogP contribution in [-0.4, -0.2) is 9.13 Å².